The maximum atomic E-state index is 13.0. The molecule has 0 bridgehead atoms. The molecule has 11 heteroatoms. The summed E-state index contributed by atoms with van der Waals surface area (Å²) in [6.45, 7) is 2.91. The molecule has 3 rings (SSSR count). The van der Waals surface area contributed by atoms with Crippen LogP contribution >= 0.6 is 0 Å². The van der Waals surface area contributed by atoms with Crippen molar-refractivity contribution in [3.8, 4) is 6.07 Å². The predicted octanol–water partition coefficient (Wildman–Crippen LogP) is 0.369. The van der Waals surface area contributed by atoms with Gasteiger partial charge in [-0.25, -0.2) is 0 Å². The average Bonchev–Trinajstić information content (AvgIpc) is 2.98. The molecule has 1 aromatic rings. The first-order valence-corrected chi connectivity index (χ1v) is 9.65. The van der Waals surface area contributed by atoms with E-state index in [4.69, 9.17) is 18.9 Å². The molecular weight excluding hydrogens is 424 g/mol. The Labute approximate surface area is 182 Å². The fraction of sp³-hybridized carbons (Fsp3) is 0.429. The van der Waals surface area contributed by atoms with Crippen molar-refractivity contribution in [2.75, 3.05) is 6.61 Å². The number of carbonyl (C=O) groups is 5. The third-order valence-electron chi connectivity index (χ3n) is 4.96. The number of esters is 3. The first-order chi connectivity index (χ1) is 15.1. The zero-order chi connectivity index (χ0) is 23.6. The van der Waals surface area contributed by atoms with Gasteiger partial charge in [0.2, 0.25) is 0 Å². The minimum Gasteiger partial charge on any atom is -0.463 e. The molecule has 168 valence electrons. The van der Waals surface area contributed by atoms with E-state index in [0.29, 0.717) is 0 Å². The topological polar surface area (TPSA) is 149 Å². The Morgan fingerprint density at radius 3 is 1.97 bits per heavy atom. The van der Waals surface area contributed by atoms with Gasteiger partial charge in [-0.05, 0) is 12.1 Å². The number of carbonyl (C=O) groups excluding carboxylic acids is 5. The van der Waals surface area contributed by atoms with Gasteiger partial charge in [0, 0.05) is 20.8 Å². The van der Waals surface area contributed by atoms with E-state index >= 15 is 0 Å². The smallest absolute Gasteiger partial charge is 0.303 e. The summed E-state index contributed by atoms with van der Waals surface area (Å²) in [4.78, 5) is 61.8. The van der Waals surface area contributed by atoms with Crippen LogP contribution in [0.1, 0.15) is 41.5 Å². The SMILES string of the molecule is CC(=O)OC[C@H]1OC(C#N)[C@H](N2C(=O)c3ccccc3C2=O)[C@@H](OC(C)=O)[C@@H]1OC(C)=O. The van der Waals surface area contributed by atoms with Crippen LogP contribution in [0.5, 0.6) is 0 Å². The molecule has 0 aromatic heterocycles. The Morgan fingerprint density at radius 2 is 1.50 bits per heavy atom. The van der Waals surface area contributed by atoms with Crippen LogP contribution in [-0.4, -0.2) is 71.7 Å². The summed E-state index contributed by atoms with van der Waals surface area (Å²) in [6, 6.07) is 6.49. The van der Waals surface area contributed by atoms with Gasteiger partial charge in [-0.1, -0.05) is 12.1 Å². The Balaban J connectivity index is 2.07. The first kappa shape index (κ1) is 22.9. The molecule has 0 saturated carbocycles. The van der Waals surface area contributed by atoms with Crippen molar-refractivity contribution >= 4 is 29.7 Å². The van der Waals surface area contributed by atoms with E-state index in [2.05, 4.69) is 0 Å². The summed E-state index contributed by atoms with van der Waals surface area (Å²) in [5.41, 5.74) is 0.226. The van der Waals surface area contributed by atoms with E-state index in [-0.39, 0.29) is 11.1 Å². The minimum absolute atomic E-state index is 0.113. The normalized spacial score (nSPS) is 26.7. The minimum atomic E-state index is -1.46. The van der Waals surface area contributed by atoms with Gasteiger partial charge in [-0.15, -0.1) is 0 Å². The van der Waals surface area contributed by atoms with Crippen molar-refractivity contribution in [1.29, 1.82) is 5.26 Å². The van der Waals surface area contributed by atoms with E-state index in [1.165, 1.54) is 12.1 Å². The molecule has 1 saturated heterocycles. The van der Waals surface area contributed by atoms with Crippen LogP contribution in [0.15, 0.2) is 24.3 Å². The lowest BCUT2D eigenvalue weighted by molar-refractivity contribution is -0.221. The molecule has 11 nitrogen and oxygen atoms in total. The molecule has 2 amide bonds. The number of nitrogens with zero attached hydrogens (tertiary/aromatic N) is 2. The van der Waals surface area contributed by atoms with Crippen LogP contribution in [0.4, 0.5) is 0 Å². The highest BCUT2D eigenvalue weighted by molar-refractivity contribution is 6.21. The van der Waals surface area contributed by atoms with E-state index in [1.54, 1.807) is 12.1 Å². The van der Waals surface area contributed by atoms with E-state index in [0.717, 1.165) is 25.7 Å². The summed E-state index contributed by atoms with van der Waals surface area (Å²) in [5.74, 6) is -3.66. The van der Waals surface area contributed by atoms with E-state index in [9.17, 15) is 29.2 Å². The molecule has 0 N–H and O–H groups in total. The van der Waals surface area contributed by atoms with E-state index in [1.807, 2.05) is 6.07 Å². The fourth-order valence-corrected chi connectivity index (χ4v) is 3.79. The second-order valence-electron chi connectivity index (χ2n) is 7.19. The van der Waals surface area contributed by atoms with Crippen molar-refractivity contribution in [2.45, 2.75) is 51.2 Å². The highest BCUT2D eigenvalue weighted by Gasteiger charge is 2.56. The van der Waals surface area contributed by atoms with Gasteiger partial charge in [-0.3, -0.25) is 28.9 Å². The van der Waals surface area contributed by atoms with Crippen molar-refractivity contribution in [2.24, 2.45) is 0 Å². The lowest BCUT2D eigenvalue weighted by Gasteiger charge is -2.45. The summed E-state index contributed by atoms with van der Waals surface area (Å²) < 4.78 is 21.3. The van der Waals surface area contributed by atoms with Gasteiger partial charge in [0.05, 0.1) is 17.2 Å². The zero-order valence-electron chi connectivity index (χ0n) is 17.5. The molecule has 2 aliphatic rings. The lowest BCUT2D eigenvalue weighted by atomic mass is 9.91. The average molecular weight is 444 g/mol. The van der Waals surface area contributed by atoms with Gasteiger partial charge >= 0.3 is 17.9 Å². The number of hydrogen-bond donors (Lipinski definition) is 0. The number of benzene rings is 1. The third kappa shape index (κ3) is 4.31. The summed E-state index contributed by atoms with van der Waals surface area (Å²) in [6.07, 6.45) is -5.47. The largest absolute Gasteiger partial charge is 0.463 e. The monoisotopic (exact) mass is 444 g/mol. The molecular formula is C21H20N2O9. The van der Waals surface area contributed by atoms with Gasteiger partial charge in [-0.2, -0.15) is 5.26 Å². The summed E-state index contributed by atoms with van der Waals surface area (Å²) in [7, 11) is 0. The number of imide groups is 1. The number of amides is 2. The Kier molecular flexibility index (Phi) is 6.55. The van der Waals surface area contributed by atoms with Crippen LogP contribution in [0.25, 0.3) is 0 Å². The van der Waals surface area contributed by atoms with Crippen LogP contribution in [-0.2, 0) is 33.3 Å². The maximum absolute atomic E-state index is 13.0. The van der Waals surface area contributed by atoms with Gasteiger partial charge < -0.3 is 18.9 Å². The molecule has 1 fully saturated rings. The second kappa shape index (κ2) is 9.15. The van der Waals surface area contributed by atoms with Crippen molar-refractivity contribution in [3.63, 3.8) is 0 Å². The summed E-state index contributed by atoms with van der Waals surface area (Å²) >= 11 is 0. The zero-order valence-corrected chi connectivity index (χ0v) is 17.5. The molecule has 32 heavy (non-hydrogen) atoms. The molecule has 5 atom stereocenters. The van der Waals surface area contributed by atoms with Gasteiger partial charge in [0.15, 0.2) is 18.3 Å². The predicted molar refractivity (Wildman–Crippen MR) is 103 cm³/mol. The van der Waals surface area contributed by atoms with Crippen LogP contribution in [0, 0.1) is 11.3 Å². The number of ether oxygens (including phenoxy) is 4. The van der Waals surface area contributed by atoms with Crippen LogP contribution < -0.4 is 0 Å². The van der Waals surface area contributed by atoms with Crippen LogP contribution in [0.2, 0.25) is 0 Å². The molecule has 0 radical (unpaired) electrons. The molecule has 1 unspecified atom stereocenters. The highest BCUT2D eigenvalue weighted by atomic mass is 16.6. The number of rotatable bonds is 5. The number of fused-ring (bicyclic) bond motifs is 1. The fourth-order valence-electron chi connectivity index (χ4n) is 3.79. The standard InChI is InChI=1S/C21H20N2O9/c1-10(24)29-9-16-18(30-11(2)25)19(31-12(3)26)17(15(8-22)32-16)23-20(27)13-6-4-5-7-14(13)21(23)28/h4-7,15-19H,9H2,1-3H3/t15?,16-,17+,18-,19-/m1/s1. The summed E-state index contributed by atoms with van der Waals surface area (Å²) in [5, 5.41) is 9.75. The lowest BCUT2D eigenvalue weighted by Crippen LogP contribution is -2.66. The Bertz CT molecular complexity index is 980. The third-order valence-corrected chi connectivity index (χ3v) is 4.96. The second-order valence-corrected chi connectivity index (χ2v) is 7.19. The first-order valence-electron chi connectivity index (χ1n) is 9.65. The Hall–Kier alpha value is -3.78. The quantitative estimate of drug-likeness (QED) is 0.354. The molecule has 2 heterocycles. The molecule has 2 aliphatic heterocycles. The number of nitriles is 1. The molecule has 0 aliphatic carbocycles. The number of hydrogen-bond acceptors (Lipinski definition) is 10. The highest BCUT2D eigenvalue weighted by Crippen LogP contribution is 2.34. The molecule has 1 aromatic carbocycles. The van der Waals surface area contributed by atoms with Crippen molar-refractivity contribution in [3.05, 3.63) is 35.4 Å². The van der Waals surface area contributed by atoms with Crippen LogP contribution in [0.3, 0.4) is 0 Å². The Morgan fingerprint density at radius 1 is 0.969 bits per heavy atom. The van der Waals surface area contributed by atoms with Gasteiger partial charge in [0.1, 0.15) is 18.8 Å². The maximum Gasteiger partial charge on any atom is 0.303 e. The van der Waals surface area contributed by atoms with Crippen molar-refractivity contribution < 1.29 is 42.9 Å². The van der Waals surface area contributed by atoms with E-state index < -0.39 is 66.8 Å². The molecule has 0 spiro atoms. The van der Waals surface area contributed by atoms with Gasteiger partial charge in [0.25, 0.3) is 11.8 Å². The van der Waals surface area contributed by atoms with Crippen molar-refractivity contribution in [1.82, 2.24) is 4.90 Å².